The van der Waals surface area contributed by atoms with Crippen molar-refractivity contribution in [3.05, 3.63) is 53.6 Å². The Bertz CT molecular complexity index is 844. The fraction of sp³-hybridized carbons (Fsp3) is 0.333. The molecule has 0 fully saturated rings. The summed E-state index contributed by atoms with van der Waals surface area (Å²) in [6.07, 6.45) is 0.936. The highest BCUT2D eigenvalue weighted by Gasteiger charge is 2.25. The van der Waals surface area contributed by atoms with Crippen LogP contribution >= 0.6 is 23.4 Å². The van der Waals surface area contributed by atoms with Crippen molar-refractivity contribution in [1.29, 1.82) is 0 Å². The van der Waals surface area contributed by atoms with Crippen molar-refractivity contribution >= 4 is 46.6 Å². The van der Waals surface area contributed by atoms with Gasteiger partial charge in [0.15, 0.2) is 0 Å². The van der Waals surface area contributed by atoms with Crippen LogP contribution in [0.1, 0.15) is 13.3 Å². The molecule has 2 aromatic carbocycles. The molecule has 0 spiro atoms. The maximum atomic E-state index is 12.9. The molecule has 1 N–H and O–H groups in total. The molecule has 1 heterocycles. The van der Waals surface area contributed by atoms with Crippen molar-refractivity contribution < 1.29 is 9.59 Å². The molecule has 28 heavy (non-hydrogen) atoms. The van der Waals surface area contributed by atoms with Crippen LogP contribution in [0, 0.1) is 0 Å². The minimum Gasteiger partial charge on any atom is -0.325 e. The Balaban J connectivity index is 1.59. The van der Waals surface area contributed by atoms with E-state index in [-0.39, 0.29) is 24.9 Å². The molecule has 0 saturated heterocycles. The van der Waals surface area contributed by atoms with Gasteiger partial charge in [-0.1, -0.05) is 30.7 Å². The number of rotatable bonds is 5. The van der Waals surface area contributed by atoms with Crippen LogP contribution in [-0.4, -0.2) is 48.6 Å². The highest BCUT2D eigenvalue weighted by Crippen LogP contribution is 2.37. The van der Waals surface area contributed by atoms with Gasteiger partial charge in [-0.25, -0.2) is 0 Å². The van der Waals surface area contributed by atoms with Crippen LogP contribution in [-0.2, 0) is 9.59 Å². The van der Waals surface area contributed by atoms with Gasteiger partial charge in [-0.2, -0.15) is 0 Å². The Morgan fingerprint density at radius 1 is 1.18 bits per heavy atom. The molecule has 5 nitrogen and oxygen atoms in total. The van der Waals surface area contributed by atoms with Crippen molar-refractivity contribution in [2.75, 3.05) is 36.9 Å². The zero-order chi connectivity index (χ0) is 20.1. The first-order chi connectivity index (χ1) is 13.4. The average molecular weight is 418 g/mol. The number of thioether (sulfide) groups is 1. The summed E-state index contributed by atoms with van der Waals surface area (Å²) in [7, 11) is 1.78. The zero-order valence-electron chi connectivity index (χ0n) is 16.0. The number of hydrogen-bond donors (Lipinski definition) is 1. The van der Waals surface area contributed by atoms with Gasteiger partial charge in [0.1, 0.15) is 0 Å². The number of anilines is 2. The molecule has 1 atom stereocenters. The molecule has 0 bridgehead atoms. The van der Waals surface area contributed by atoms with Crippen LogP contribution in [0.2, 0.25) is 5.02 Å². The highest BCUT2D eigenvalue weighted by molar-refractivity contribution is 8.00. The summed E-state index contributed by atoms with van der Waals surface area (Å²) >= 11 is 7.66. The van der Waals surface area contributed by atoms with Crippen molar-refractivity contribution in [3.8, 4) is 0 Å². The van der Waals surface area contributed by atoms with Gasteiger partial charge in [0, 0.05) is 27.4 Å². The average Bonchev–Trinajstić information content (AvgIpc) is 2.81. The standard InChI is InChI=1S/C21H24ClN3O2S/c1-15-11-12-25(18-5-3-4-6-19(18)28-15)21(27)14-24(2)13-20(26)23-17-9-7-16(22)8-10-17/h3-10,15H,11-14H2,1-2H3,(H,23,26)/t15-/m0/s1. The van der Waals surface area contributed by atoms with Crippen LogP contribution in [0.15, 0.2) is 53.4 Å². The lowest BCUT2D eigenvalue weighted by molar-refractivity contribution is -0.121. The largest absolute Gasteiger partial charge is 0.325 e. The van der Waals surface area contributed by atoms with Gasteiger partial charge in [0.2, 0.25) is 11.8 Å². The molecule has 2 aromatic rings. The van der Waals surface area contributed by atoms with Crippen molar-refractivity contribution in [2.24, 2.45) is 0 Å². The van der Waals surface area contributed by atoms with Crippen LogP contribution < -0.4 is 10.2 Å². The topological polar surface area (TPSA) is 52.7 Å². The fourth-order valence-electron chi connectivity index (χ4n) is 3.10. The number of nitrogens with one attached hydrogen (secondary N) is 1. The number of likely N-dealkylation sites (N-methyl/N-ethyl adjacent to an activating group) is 1. The first-order valence-corrected chi connectivity index (χ1v) is 10.5. The Morgan fingerprint density at radius 2 is 1.89 bits per heavy atom. The lowest BCUT2D eigenvalue weighted by Crippen LogP contribution is -2.42. The molecular weight excluding hydrogens is 394 g/mol. The van der Waals surface area contributed by atoms with E-state index in [0.29, 0.717) is 22.5 Å². The predicted molar refractivity (Wildman–Crippen MR) is 116 cm³/mol. The third-order valence-electron chi connectivity index (χ3n) is 4.49. The lowest BCUT2D eigenvalue weighted by atomic mass is 10.2. The molecule has 2 amide bonds. The Kier molecular flexibility index (Phi) is 6.99. The monoisotopic (exact) mass is 417 g/mol. The van der Waals surface area contributed by atoms with E-state index in [0.717, 1.165) is 17.0 Å². The molecule has 148 valence electrons. The summed E-state index contributed by atoms with van der Waals surface area (Å²) in [5, 5.41) is 3.89. The number of benzene rings is 2. The van der Waals surface area contributed by atoms with E-state index in [1.54, 1.807) is 48.0 Å². The molecule has 0 saturated carbocycles. The Morgan fingerprint density at radius 3 is 2.64 bits per heavy atom. The molecule has 7 heteroatoms. The number of carbonyl (C=O) groups is 2. The summed E-state index contributed by atoms with van der Waals surface area (Å²) in [6.45, 7) is 3.19. The Hall–Kier alpha value is -2.02. The van der Waals surface area contributed by atoms with E-state index in [1.165, 1.54) is 0 Å². The number of amides is 2. The van der Waals surface area contributed by atoms with E-state index in [2.05, 4.69) is 18.3 Å². The molecule has 1 aliphatic heterocycles. The van der Waals surface area contributed by atoms with Crippen LogP contribution in [0.25, 0.3) is 0 Å². The summed E-state index contributed by atoms with van der Waals surface area (Å²) in [5.74, 6) is -0.165. The van der Waals surface area contributed by atoms with Gasteiger partial charge in [0.05, 0.1) is 18.8 Å². The van der Waals surface area contributed by atoms with Crippen LogP contribution in [0.5, 0.6) is 0 Å². The molecule has 0 radical (unpaired) electrons. The van der Waals surface area contributed by atoms with Crippen molar-refractivity contribution in [1.82, 2.24) is 4.90 Å². The van der Waals surface area contributed by atoms with E-state index >= 15 is 0 Å². The number of carbonyl (C=O) groups excluding carboxylic acids is 2. The summed E-state index contributed by atoms with van der Waals surface area (Å²) in [5.41, 5.74) is 1.64. The van der Waals surface area contributed by atoms with E-state index in [4.69, 9.17) is 11.6 Å². The number of hydrogen-bond acceptors (Lipinski definition) is 4. The van der Waals surface area contributed by atoms with Crippen LogP contribution in [0.4, 0.5) is 11.4 Å². The summed E-state index contributed by atoms with van der Waals surface area (Å²) in [6, 6.07) is 15.0. The van der Waals surface area contributed by atoms with Gasteiger partial charge in [-0.15, -0.1) is 11.8 Å². The van der Waals surface area contributed by atoms with Crippen LogP contribution in [0.3, 0.4) is 0 Å². The van der Waals surface area contributed by atoms with Crippen molar-refractivity contribution in [3.63, 3.8) is 0 Å². The molecule has 0 aliphatic carbocycles. The van der Waals surface area contributed by atoms with E-state index in [1.807, 2.05) is 23.1 Å². The fourth-order valence-corrected chi connectivity index (χ4v) is 4.34. The molecule has 3 rings (SSSR count). The van der Waals surface area contributed by atoms with Gasteiger partial charge in [-0.05, 0) is 49.9 Å². The minimum absolute atomic E-state index is 0.00365. The molecular formula is C21H24ClN3O2S. The second kappa shape index (κ2) is 9.45. The highest BCUT2D eigenvalue weighted by atomic mass is 35.5. The Labute approximate surface area is 175 Å². The van der Waals surface area contributed by atoms with Gasteiger partial charge in [0.25, 0.3) is 0 Å². The van der Waals surface area contributed by atoms with Gasteiger partial charge < -0.3 is 10.2 Å². The first kappa shape index (κ1) is 20.7. The third kappa shape index (κ3) is 5.50. The summed E-state index contributed by atoms with van der Waals surface area (Å²) in [4.78, 5) is 29.9. The second-order valence-electron chi connectivity index (χ2n) is 6.96. The maximum absolute atomic E-state index is 12.9. The number of halogens is 1. The van der Waals surface area contributed by atoms with Crippen molar-refractivity contribution in [2.45, 2.75) is 23.5 Å². The van der Waals surface area contributed by atoms with Gasteiger partial charge in [-0.3, -0.25) is 14.5 Å². The predicted octanol–water partition coefficient (Wildman–Crippen LogP) is 4.13. The summed E-state index contributed by atoms with van der Waals surface area (Å²) < 4.78 is 0. The number of nitrogens with zero attached hydrogens (tertiary/aromatic N) is 2. The number of fused-ring (bicyclic) bond motifs is 1. The molecule has 1 aliphatic rings. The normalized spacial score (nSPS) is 16.4. The van der Waals surface area contributed by atoms with Gasteiger partial charge >= 0.3 is 0 Å². The van der Waals surface area contributed by atoms with E-state index in [9.17, 15) is 9.59 Å². The SMILES string of the molecule is C[C@H]1CCN(C(=O)CN(C)CC(=O)Nc2ccc(Cl)cc2)c2ccccc2S1. The third-order valence-corrected chi connectivity index (χ3v) is 5.98. The van der Waals surface area contributed by atoms with E-state index < -0.39 is 0 Å². The minimum atomic E-state index is -0.168. The molecule has 0 aromatic heterocycles. The maximum Gasteiger partial charge on any atom is 0.241 e. The lowest BCUT2D eigenvalue weighted by Gasteiger charge is -2.25. The smallest absolute Gasteiger partial charge is 0.241 e. The quantitative estimate of drug-likeness (QED) is 0.794. The zero-order valence-corrected chi connectivity index (χ0v) is 17.6. The number of para-hydroxylation sites is 1. The second-order valence-corrected chi connectivity index (χ2v) is 8.87. The first-order valence-electron chi connectivity index (χ1n) is 9.22. The molecule has 0 unspecified atom stereocenters.